The fourth-order valence-electron chi connectivity index (χ4n) is 1.50. The Balaban J connectivity index is 2.95. The van der Waals surface area contributed by atoms with Gasteiger partial charge in [-0.05, 0) is 26.3 Å². The fraction of sp³-hybridized carbons (Fsp3) is 0.500. The van der Waals surface area contributed by atoms with Crippen molar-refractivity contribution >= 4 is 5.91 Å². The van der Waals surface area contributed by atoms with Crippen molar-refractivity contribution in [3.63, 3.8) is 0 Å². The van der Waals surface area contributed by atoms with E-state index in [2.05, 4.69) is 5.32 Å². The number of aliphatic hydroxyl groups is 1. The van der Waals surface area contributed by atoms with Gasteiger partial charge in [-0.2, -0.15) is 0 Å². The monoisotopic (exact) mass is 251 g/mol. The SMILES string of the molecule is COC(C)(C)C(=O)NC(C)(CO)c1ccccc1. The zero-order valence-electron chi connectivity index (χ0n) is 11.4. The third kappa shape index (κ3) is 3.09. The standard InChI is InChI=1S/C14H21NO3/c1-13(2,18-4)12(17)15-14(3,10-16)11-8-6-5-7-9-11/h5-9,16H,10H2,1-4H3,(H,15,17). The van der Waals surface area contributed by atoms with Gasteiger partial charge in [-0.15, -0.1) is 0 Å². The second kappa shape index (κ2) is 5.50. The normalized spacial score (nSPS) is 14.9. The van der Waals surface area contributed by atoms with E-state index in [1.54, 1.807) is 20.8 Å². The van der Waals surface area contributed by atoms with Gasteiger partial charge >= 0.3 is 0 Å². The number of amides is 1. The molecule has 1 aromatic carbocycles. The minimum atomic E-state index is -0.925. The van der Waals surface area contributed by atoms with Gasteiger partial charge in [0.05, 0.1) is 12.1 Å². The summed E-state index contributed by atoms with van der Waals surface area (Å²) in [7, 11) is 1.48. The minimum Gasteiger partial charge on any atom is -0.394 e. The van der Waals surface area contributed by atoms with E-state index in [0.717, 1.165) is 5.56 Å². The van der Waals surface area contributed by atoms with Gasteiger partial charge in [0, 0.05) is 7.11 Å². The molecule has 0 aliphatic carbocycles. The van der Waals surface area contributed by atoms with Crippen LogP contribution in [0.25, 0.3) is 0 Å². The molecule has 0 saturated heterocycles. The van der Waals surface area contributed by atoms with Gasteiger partial charge in [0.2, 0.25) is 0 Å². The summed E-state index contributed by atoms with van der Waals surface area (Å²) in [6.07, 6.45) is 0. The highest BCUT2D eigenvalue weighted by molar-refractivity contribution is 5.85. The minimum absolute atomic E-state index is 0.178. The van der Waals surface area contributed by atoms with Gasteiger partial charge < -0.3 is 15.2 Å². The van der Waals surface area contributed by atoms with E-state index in [0.29, 0.717) is 0 Å². The van der Waals surface area contributed by atoms with Gasteiger partial charge in [-0.1, -0.05) is 30.3 Å². The average Bonchev–Trinajstić information content (AvgIpc) is 2.39. The summed E-state index contributed by atoms with van der Waals surface area (Å²) in [6, 6.07) is 9.38. The number of aliphatic hydroxyl groups excluding tert-OH is 1. The van der Waals surface area contributed by atoms with E-state index >= 15 is 0 Å². The van der Waals surface area contributed by atoms with E-state index in [-0.39, 0.29) is 12.5 Å². The van der Waals surface area contributed by atoms with Gasteiger partial charge in [-0.25, -0.2) is 0 Å². The summed E-state index contributed by atoms with van der Waals surface area (Å²) in [5, 5.41) is 12.4. The molecule has 0 aromatic heterocycles. The lowest BCUT2D eigenvalue weighted by Crippen LogP contribution is -2.53. The Bertz CT molecular complexity index is 403. The number of benzene rings is 1. The largest absolute Gasteiger partial charge is 0.394 e. The summed E-state index contributed by atoms with van der Waals surface area (Å²) in [4.78, 5) is 12.1. The molecular weight excluding hydrogens is 230 g/mol. The molecule has 1 rings (SSSR count). The highest BCUT2D eigenvalue weighted by Gasteiger charge is 2.34. The lowest BCUT2D eigenvalue weighted by atomic mass is 9.91. The Hall–Kier alpha value is -1.39. The van der Waals surface area contributed by atoms with Crippen LogP contribution >= 0.6 is 0 Å². The zero-order valence-corrected chi connectivity index (χ0v) is 11.4. The number of methoxy groups -OCH3 is 1. The second-order valence-electron chi connectivity index (χ2n) is 5.02. The first kappa shape index (κ1) is 14.7. The van der Waals surface area contributed by atoms with Crippen molar-refractivity contribution in [3.05, 3.63) is 35.9 Å². The molecule has 0 heterocycles. The first-order valence-corrected chi connectivity index (χ1v) is 5.90. The van der Waals surface area contributed by atoms with E-state index in [1.165, 1.54) is 7.11 Å². The number of hydrogen-bond donors (Lipinski definition) is 2. The maximum absolute atomic E-state index is 12.1. The van der Waals surface area contributed by atoms with Crippen LogP contribution in [-0.4, -0.2) is 30.3 Å². The fourth-order valence-corrected chi connectivity index (χ4v) is 1.50. The van der Waals surface area contributed by atoms with Crippen molar-refractivity contribution in [1.82, 2.24) is 5.32 Å². The van der Waals surface area contributed by atoms with Crippen molar-refractivity contribution < 1.29 is 14.6 Å². The number of nitrogens with one attached hydrogen (secondary N) is 1. The van der Waals surface area contributed by atoms with Crippen molar-refractivity contribution in [2.45, 2.75) is 31.9 Å². The molecular formula is C14H21NO3. The Kier molecular flexibility index (Phi) is 4.48. The predicted octanol–water partition coefficient (Wildman–Crippen LogP) is 1.44. The Morgan fingerprint density at radius 3 is 2.28 bits per heavy atom. The molecule has 0 radical (unpaired) electrons. The molecule has 0 aliphatic rings. The molecule has 0 fully saturated rings. The lowest BCUT2D eigenvalue weighted by Gasteiger charge is -2.33. The van der Waals surface area contributed by atoms with E-state index < -0.39 is 11.1 Å². The van der Waals surface area contributed by atoms with Crippen LogP contribution in [0, 0.1) is 0 Å². The smallest absolute Gasteiger partial charge is 0.252 e. The molecule has 1 aromatic rings. The Morgan fingerprint density at radius 1 is 1.28 bits per heavy atom. The van der Waals surface area contributed by atoms with Crippen LogP contribution in [0.5, 0.6) is 0 Å². The van der Waals surface area contributed by atoms with E-state index in [1.807, 2.05) is 30.3 Å². The molecule has 1 unspecified atom stereocenters. The molecule has 0 aliphatic heterocycles. The number of carbonyl (C=O) groups is 1. The summed E-state index contributed by atoms with van der Waals surface area (Å²) in [6.45, 7) is 4.98. The highest BCUT2D eigenvalue weighted by atomic mass is 16.5. The zero-order chi connectivity index (χ0) is 13.8. The summed E-state index contributed by atoms with van der Waals surface area (Å²) in [5.41, 5.74) is -0.882. The van der Waals surface area contributed by atoms with Gasteiger partial charge in [0.1, 0.15) is 5.60 Å². The number of carbonyl (C=O) groups excluding carboxylic acids is 1. The highest BCUT2D eigenvalue weighted by Crippen LogP contribution is 2.21. The van der Waals surface area contributed by atoms with Crippen molar-refractivity contribution in [2.24, 2.45) is 0 Å². The molecule has 0 saturated carbocycles. The maximum Gasteiger partial charge on any atom is 0.252 e. The van der Waals surface area contributed by atoms with Crippen LogP contribution < -0.4 is 5.32 Å². The predicted molar refractivity (Wildman–Crippen MR) is 70.1 cm³/mol. The van der Waals surface area contributed by atoms with Gasteiger partial charge in [0.25, 0.3) is 5.91 Å². The van der Waals surface area contributed by atoms with Crippen molar-refractivity contribution in [2.75, 3.05) is 13.7 Å². The average molecular weight is 251 g/mol. The molecule has 100 valence electrons. The summed E-state index contributed by atoms with van der Waals surface area (Å²) >= 11 is 0. The quantitative estimate of drug-likeness (QED) is 0.832. The van der Waals surface area contributed by atoms with E-state index in [9.17, 15) is 9.90 Å². The third-order valence-corrected chi connectivity index (χ3v) is 3.17. The van der Waals surface area contributed by atoms with Crippen molar-refractivity contribution in [1.29, 1.82) is 0 Å². The molecule has 18 heavy (non-hydrogen) atoms. The molecule has 1 atom stereocenters. The molecule has 1 amide bonds. The summed E-state index contributed by atoms with van der Waals surface area (Å²) < 4.78 is 5.13. The second-order valence-corrected chi connectivity index (χ2v) is 5.02. The van der Waals surface area contributed by atoms with Gasteiger partial charge in [-0.3, -0.25) is 4.79 Å². The lowest BCUT2D eigenvalue weighted by molar-refractivity contribution is -0.142. The van der Waals surface area contributed by atoms with E-state index in [4.69, 9.17) is 4.74 Å². The van der Waals surface area contributed by atoms with Crippen LogP contribution in [-0.2, 0) is 15.1 Å². The van der Waals surface area contributed by atoms with Gasteiger partial charge in [0.15, 0.2) is 0 Å². The molecule has 0 bridgehead atoms. The third-order valence-electron chi connectivity index (χ3n) is 3.17. The summed E-state index contributed by atoms with van der Waals surface area (Å²) in [5.74, 6) is -0.259. The van der Waals surface area contributed by atoms with Crippen molar-refractivity contribution in [3.8, 4) is 0 Å². The number of ether oxygens (including phenoxy) is 1. The molecule has 4 heteroatoms. The van der Waals surface area contributed by atoms with Crippen LogP contribution in [0.15, 0.2) is 30.3 Å². The topological polar surface area (TPSA) is 58.6 Å². The van der Waals surface area contributed by atoms with Crippen LogP contribution in [0.2, 0.25) is 0 Å². The molecule has 4 nitrogen and oxygen atoms in total. The number of rotatable bonds is 5. The first-order chi connectivity index (χ1) is 8.35. The number of hydrogen-bond acceptors (Lipinski definition) is 3. The first-order valence-electron chi connectivity index (χ1n) is 5.90. The van der Waals surface area contributed by atoms with Crippen LogP contribution in [0.3, 0.4) is 0 Å². The Labute approximate surface area is 108 Å². The molecule has 0 spiro atoms. The van der Waals surface area contributed by atoms with Crippen LogP contribution in [0.1, 0.15) is 26.3 Å². The van der Waals surface area contributed by atoms with Crippen LogP contribution in [0.4, 0.5) is 0 Å². The Morgan fingerprint density at radius 2 is 1.83 bits per heavy atom. The maximum atomic E-state index is 12.1. The molecule has 2 N–H and O–H groups in total.